The Bertz CT molecular complexity index is 678. The molecule has 0 radical (unpaired) electrons. The third kappa shape index (κ3) is 2.66. The molecule has 0 aliphatic rings. The SMILES string of the molecule is C/C(=N\O)c1cc2ccccc2n1C(=O)OC(C)(C)C. The van der Waals surface area contributed by atoms with Crippen LogP contribution in [0.1, 0.15) is 33.4 Å². The summed E-state index contributed by atoms with van der Waals surface area (Å²) in [6.07, 6.45) is -0.489. The molecule has 5 heteroatoms. The van der Waals surface area contributed by atoms with E-state index in [1.165, 1.54) is 4.57 Å². The van der Waals surface area contributed by atoms with Crippen molar-refractivity contribution in [3.05, 3.63) is 36.0 Å². The van der Waals surface area contributed by atoms with Crippen LogP contribution in [0.4, 0.5) is 4.79 Å². The van der Waals surface area contributed by atoms with Gasteiger partial charge in [0.1, 0.15) is 11.3 Å². The van der Waals surface area contributed by atoms with Gasteiger partial charge < -0.3 is 9.94 Å². The lowest BCUT2D eigenvalue weighted by Gasteiger charge is -2.20. The molecule has 1 heterocycles. The number of oxime groups is 1. The maximum Gasteiger partial charge on any atom is 0.419 e. The molecule has 1 N–H and O–H groups in total. The number of hydrogen-bond donors (Lipinski definition) is 1. The van der Waals surface area contributed by atoms with Gasteiger partial charge in [0.25, 0.3) is 0 Å². The molecule has 0 aliphatic heterocycles. The Balaban J connectivity index is 2.62. The third-order valence-corrected chi connectivity index (χ3v) is 2.81. The minimum Gasteiger partial charge on any atom is -0.443 e. The van der Waals surface area contributed by atoms with Gasteiger partial charge in [-0.1, -0.05) is 23.4 Å². The number of carbonyl (C=O) groups is 1. The maximum absolute atomic E-state index is 12.4. The molecule has 0 saturated carbocycles. The van der Waals surface area contributed by atoms with Crippen LogP contribution >= 0.6 is 0 Å². The summed E-state index contributed by atoms with van der Waals surface area (Å²) in [5, 5.41) is 13.0. The van der Waals surface area contributed by atoms with Crippen LogP contribution in [-0.4, -0.2) is 27.2 Å². The van der Waals surface area contributed by atoms with E-state index < -0.39 is 11.7 Å². The van der Waals surface area contributed by atoms with E-state index in [4.69, 9.17) is 9.94 Å². The van der Waals surface area contributed by atoms with E-state index in [0.717, 1.165) is 10.9 Å². The van der Waals surface area contributed by atoms with Gasteiger partial charge in [-0.15, -0.1) is 0 Å². The molecule has 106 valence electrons. The molecule has 5 nitrogen and oxygen atoms in total. The average Bonchev–Trinajstić information content (AvgIpc) is 2.75. The van der Waals surface area contributed by atoms with Crippen molar-refractivity contribution in [2.24, 2.45) is 5.16 Å². The van der Waals surface area contributed by atoms with Crippen molar-refractivity contribution in [3.8, 4) is 0 Å². The molecule has 0 saturated heterocycles. The Kier molecular flexibility index (Phi) is 3.53. The third-order valence-electron chi connectivity index (χ3n) is 2.81. The molecule has 0 unspecified atom stereocenters. The molecule has 0 amide bonds. The summed E-state index contributed by atoms with van der Waals surface area (Å²) in [5.74, 6) is 0. The standard InChI is InChI=1S/C15H18N2O3/c1-10(16-19)13-9-11-7-5-6-8-12(11)17(13)14(18)20-15(2,3)4/h5-9,19H,1-4H3/b16-10+. The van der Waals surface area contributed by atoms with Crippen LogP contribution in [0.2, 0.25) is 0 Å². The van der Waals surface area contributed by atoms with Gasteiger partial charge in [-0.2, -0.15) is 0 Å². The number of nitrogens with zero attached hydrogens (tertiary/aromatic N) is 2. The first-order chi connectivity index (χ1) is 9.33. The van der Waals surface area contributed by atoms with Crippen molar-refractivity contribution in [3.63, 3.8) is 0 Å². The molecule has 1 aromatic carbocycles. The number of benzene rings is 1. The zero-order chi connectivity index (χ0) is 14.9. The first kappa shape index (κ1) is 14.1. The largest absolute Gasteiger partial charge is 0.443 e. The number of para-hydroxylation sites is 1. The number of hydrogen-bond acceptors (Lipinski definition) is 4. The van der Waals surface area contributed by atoms with Crippen LogP contribution in [0, 0.1) is 0 Å². The number of fused-ring (bicyclic) bond motifs is 1. The van der Waals surface area contributed by atoms with Crippen LogP contribution in [0.15, 0.2) is 35.5 Å². The first-order valence-electron chi connectivity index (χ1n) is 6.36. The van der Waals surface area contributed by atoms with Crippen molar-refractivity contribution in [1.29, 1.82) is 0 Å². The van der Waals surface area contributed by atoms with Gasteiger partial charge in [-0.25, -0.2) is 9.36 Å². The van der Waals surface area contributed by atoms with Gasteiger partial charge in [0.05, 0.1) is 11.2 Å². The fraction of sp³-hybridized carbons (Fsp3) is 0.333. The molecule has 0 bridgehead atoms. The zero-order valence-electron chi connectivity index (χ0n) is 12.0. The lowest BCUT2D eigenvalue weighted by molar-refractivity contribution is 0.0543. The normalized spacial score (nSPS) is 12.7. The number of aromatic nitrogens is 1. The Morgan fingerprint density at radius 2 is 1.95 bits per heavy atom. The van der Waals surface area contributed by atoms with E-state index in [1.54, 1.807) is 13.0 Å². The summed E-state index contributed by atoms with van der Waals surface area (Å²) in [4.78, 5) is 12.4. The summed E-state index contributed by atoms with van der Waals surface area (Å²) in [6.45, 7) is 7.06. The molecular weight excluding hydrogens is 256 g/mol. The van der Waals surface area contributed by atoms with Crippen LogP contribution in [0.3, 0.4) is 0 Å². The van der Waals surface area contributed by atoms with Crippen molar-refractivity contribution < 1.29 is 14.7 Å². The first-order valence-corrected chi connectivity index (χ1v) is 6.36. The Morgan fingerprint density at radius 1 is 1.30 bits per heavy atom. The van der Waals surface area contributed by atoms with Crippen molar-refractivity contribution in [2.45, 2.75) is 33.3 Å². The van der Waals surface area contributed by atoms with Crippen molar-refractivity contribution in [2.75, 3.05) is 0 Å². The van der Waals surface area contributed by atoms with Crippen LogP contribution in [-0.2, 0) is 4.74 Å². The zero-order valence-corrected chi connectivity index (χ0v) is 12.0. The monoisotopic (exact) mass is 274 g/mol. The molecule has 1 aromatic heterocycles. The fourth-order valence-corrected chi connectivity index (χ4v) is 1.98. The Hall–Kier alpha value is -2.30. The number of rotatable bonds is 1. The molecule has 0 spiro atoms. The van der Waals surface area contributed by atoms with Gasteiger partial charge in [0.2, 0.25) is 0 Å². The topological polar surface area (TPSA) is 63.8 Å². The second-order valence-electron chi connectivity index (χ2n) is 5.59. The van der Waals surface area contributed by atoms with E-state index in [1.807, 2.05) is 45.0 Å². The second-order valence-corrected chi connectivity index (χ2v) is 5.59. The number of carbonyl (C=O) groups excluding carboxylic acids is 1. The van der Waals surface area contributed by atoms with Crippen LogP contribution in [0.5, 0.6) is 0 Å². The van der Waals surface area contributed by atoms with Crippen LogP contribution in [0.25, 0.3) is 10.9 Å². The van der Waals surface area contributed by atoms with Gasteiger partial charge >= 0.3 is 6.09 Å². The van der Waals surface area contributed by atoms with E-state index in [9.17, 15) is 4.79 Å². The van der Waals surface area contributed by atoms with E-state index in [2.05, 4.69) is 5.16 Å². The Morgan fingerprint density at radius 3 is 2.55 bits per heavy atom. The van der Waals surface area contributed by atoms with E-state index >= 15 is 0 Å². The predicted octanol–water partition coefficient (Wildman–Crippen LogP) is 3.62. The lowest BCUT2D eigenvalue weighted by Crippen LogP contribution is -2.28. The average molecular weight is 274 g/mol. The smallest absolute Gasteiger partial charge is 0.419 e. The van der Waals surface area contributed by atoms with E-state index in [0.29, 0.717) is 11.4 Å². The molecule has 0 aliphatic carbocycles. The number of ether oxygens (including phenoxy) is 1. The molecule has 20 heavy (non-hydrogen) atoms. The highest BCUT2D eigenvalue weighted by Gasteiger charge is 2.23. The van der Waals surface area contributed by atoms with Gasteiger partial charge in [0.15, 0.2) is 0 Å². The maximum atomic E-state index is 12.4. The van der Waals surface area contributed by atoms with Gasteiger partial charge in [0, 0.05) is 5.39 Å². The van der Waals surface area contributed by atoms with Crippen LogP contribution < -0.4 is 0 Å². The summed E-state index contributed by atoms with van der Waals surface area (Å²) in [6, 6.07) is 9.25. The highest BCUT2D eigenvalue weighted by Crippen LogP contribution is 2.22. The van der Waals surface area contributed by atoms with Gasteiger partial charge in [-0.05, 0) is 39.8 Å². The van der Waals surface area contributed by atoms with Crippen molar-refractivity contribution >= 4 is 22.7 Å². The predicted molar refractivity (Wildman–Crippen MR) is 77.6 cm³/mol. The summed E-state index contributed by atoms with van der Waals surface area (Å²) in [7, 11) is 0. The lowest BCUT2D eigenvalue weighted by atomic mass is 10.2. The molecule has 2 rings (SSSR count). The second kappa shape index (κ2) is 5.00. The minimum absolute atomic E-state index is 0.354. The Labute approximate surface area is 117 Å². The quantitative estimate of drug-likeness (QED) is 0.490. The molecule has 0 atom stereocenters. The molecular formula is C15H18N2O3. The molecule has 0 fully saturated rings. The molecule has 2 aromatic rings. The summed E-state index contributed by atoms with van der Waals surface area (Å²) >= 11 is 0. The minimum atomic E-state index is -0.593. The highest BCUT2D eigenvalue weighted by molar-refractivity contribution is 6.05. The summed E-state index contributed by atoms with van der Waals surface area (Å²) < 4.78 is 6.84. The van der Waals surface area contributed by atoms with E-state index in [-0.39, 0.29) is 0 Å². The van der Waals surface area contributed by atoms with Gasteiger partial charge in [-0.3, -0.25) is 0 Å². The fourth-order valence-electron chi connectivity index (χ4n) is 1.98. The summed E-state index contributed by atoms with van der Waals surface area (Å²) in [5.41, 5.74) is 0.999. The van der Waals surface area contributed by atoms with Crippen molar-refractivity contribution in [1.82, 2.24) is 4.57 Å². The highest BCUT2D eigenvalue weighted by atomic mass is 16.6.